The summed E-state index contributed by atoms with van der Waals surface area (Å²) in [7, 11) is 0. The van der Waals surface area contributed by atoms with Crippen LogP contribution in [0, 0.1) is 5.41 Å². The molecule has 1 aromatic carbocycles. The second-order valence-corrected chi connectivity index (χ2v) is 6.04. The molecule has 4 heteroatoms. The van der Waals surface area contributed by atoms with E-state index in [-0.39, 0.29) is 5.91 Å². The van der Waals surface area contributed by atoms with Gasteiger partial charge in [0.1, 0.15) is 6.04 Å². The zero-order valence-electron chi connectivity index (χ0n) is 12.0. The zero-order valence-corrected chi connectivity index (χ0v) is 12.0. The monoisotopic (exact) mass is 275 g/mol. The molecule has 108 valence electrons. The smallest absolute Gasteiger partial charge is 0.326 e. The molecular weight excluding hydrogens is 254 g/mol. The van der Waals surface area contributed by atoms with E-state index < -0.39 is 17.4 Å². The molecule has 0 aromatic heterocycles. The lowest BCUT2D eigenvalue weighted by atomic mass is 9.84. The minimum Gasteiger partial charge on any atom is -0.480 e. The summed E-state index contributed by atoms with van der Waals surface area (Å²) in [5.41, 5.74) is 0.510. The molecule has 1 atom stereocenters. The van der Waals surface area contributed by atoms with E-state index in [1.165, 1.54) is 4.90 Å². The van der Waals surface area contributed by atoms with Crippen molar-refractivity contribution in [3.05, 3.63) is 35.9 Å². The van der Waals surface area contributed by atoms with E-state index in [0.29, 0.717) is 19.4 Å². The Labute approximate surface area is 119 Å². The van der Waals surface area contributed by atoms with E-state index in [1.54, 1.807) is 0 Å². The fourth-order valence-corrected chi connectivity index (χ4v) is 2.84. The van der Waals surface area contributed by atoms with E-state index in [9.17, 15) is 14.7 Å². The van der Waals surface area contributed by atoms with Gasteiger partial charge in [-0.15, -0.1) is 0 Å². The number of likely N-dealkylation sites (tertiary alicyclic amines) is 1. The molecule has 20 heavy (non-hydrogen) atoms. The SMILES string of the molecule is CC(C)(Cc1ccccc1)C(=O)N1CCCC1C(=O)O. The number of benzene rings is 1. The average molecular weight is 275 g/mol. The molecule has 2 rings (SSSR count). The van der Waals surface area contributed by atoms with Gasteiger partial charge in [0.05, 0.1) is 0 Å². The van der Waals surface area contributed by atoms with E-state index in [0.717, 1.165) is 12.0 Å². The fourth-order valence-electron chi connectivity index (χ4n) is 2.84. The Bertz CT molecular complexity index is 496. The molecule has 1 N–H and O–H groups in total. The molecule has 1 aliphatic heterocycles. The lowest BCUT2D eigenvalue weighted by Crippen LogP contribution is -2.47. The highest BCUT2D eigenvalue weighted by molar-refractivity contribution is 5.87. The molecule has 1 amide bonds. The third-order valence-corrected chi connectivity index (χ3v) is 3.87. The van der Waals surface area contributed by atoms with Crippen molar-refractivity contribution in [3.8, 4) is 0 Å². The van der Waals surface area contributed by atoms with Crippen molar-refractivity contribution in [2.45, 2.75) is 39.2 Å². The molecule has 4 nitrogen and oxygen atoms in total. The highest BCUT2D eigenvalue weighted by Gasteiger charge is 2.40. The van der Waals surface area contributed by atoms with Crippen LogP contribution in [0.5, 0.6) is 0 Å². The molecule has 1 fully saturated rings. The summed E-state index contributed by atoms with van der Waals surface area (Å²) in [6.07, 6.45) is 1.95. The van der Waals surface area contributed by atoms with E-state index in [1.807, 2.05) is 44.2 Å². The molecular formula is C16H21NO3. The van der Waals surface area contributed by atoms with Crippen LogP contribution in [-0.2, 0) is 16.0 Å². The maximum absolute atomic E-state index is 12.6. The van der Waals surface area contributed by atoms with Gasteiger partial charge >= 0.3 is 5.97 Å². The first-order chi connectivity index (χ1) is 9.42. The first-order valence-electron chi connectivity index (χ1n) is 6.99. The van der Waals surface area contributed by atoms with Gasteiger partial charge < -0.3 is 10.0 Å². The Morgan fingerprint density at radius 3 is 2.55 bits per heavy atom. The topological polar surface area (TPSA) is 57.6 Å². The predicted molar refractivity (Wildman–Crippen MR) is 76.3 cm³/mol. The Hall–Kier alpha value is -1.84. The molecule has 1 aliphatic rings. The van der Waals surface area contributed by atoms with Gasteiger partial charge in [-0.1, -0.05) is 44.2 Å². The van der Waals surface area contributed by atoms with Crippen molar-refractivity contribution in [2.75, 3.05) is 6.54 Å². The van der Waals surface area contributed by atoms with Crippen LogP contribution in [0.4, 0.5) is 0 Å². The Balaban J connectivity index is 2.12. The summed E-state index contributed by atoms with van der Waals surface area (Å²) in [6, 6.07) is 9.18. The van der Waals surface area contributed by atoms with Crippen LogP contribution in [0.3, 0.4) is 0 Å². The van der Waals surface area contributed by atoms with Crippen molar-refractivity contribution in [1.29, 1.82) is 0 Å². The minimum absolute atomic E-state index is 0.0637. The number of aliphatic carboxylic acids is 1. The lowest BCUT2D eigenvalue weighted by molar-refractivity contribution is -0.152. The maximum Gasteiger partial charge on any atom is 0.326 e. The predicted octanol–water partition coefficient (Wildman–Crippen LogP) is 2.33. The van der Waals surface area contributed by atoms with Gasteiger partial charge in [-0.2, -0.15) is 0 Å². The number of hydrogen-bond acceptors (Lipinski definition) is 2. The Morgan fingerprint density at radius 1 is 1.30 bits per heavy atom. The lowest BCUT2D eigenvalue weighted by Gasteiger charge is -2.31. The van der Waals surface area contributed by atoms with Gasteiger partial charge in [-0.25, -0.2) is 4.79 Å². The van der Waals surface area contributed by atoms with Crippen LogP contribution in [-0.4, -0.2) is 34.5 Å². The van der Waals surface area contributed by atoms with Crippen LogP contribution in [0.15, 0.2) is 30.3 Å². The molecule has 1 heterocycles. The summed E-state index contributed by atoms with van der Waals surface area (Å²) >= 11 is 0. The van der Waals surface area contributed by atoms with E-state index in [2.05, 4.69) is 0 Å². The number of carboxylic acids is 1. The van der Waals surface area contributed by atoms with Gasteiger partial charge in [0, 0.05) is 12.0 Å². The van der Waals surface area contributed by atoms with Crippen LogP contribution in [0.2, 0.25) is 0 Å². The van der Waals surface area contributed by atoms with Crippen LogP contribution in [0.1, 0.15) is 32.3 Å². The van der Waals surface area contributed by atoms with Crippen LogP contribution >= 0.6 is 0 Å². The average Bonchev–Trinajstić information content (AvgIpc) is 2.87. The highest BCUT2D eigenvalue weighted by atomic mass is 16.4. The number of carbonyl (C=O) groups excluding carboxylic acids is 1. The summed E-state index contributed by atoms with van der Waals surface area (Å²) in [5.74, 6) is -0.961. The molecule has 1 unspecified atom stereocenters. The first-order valence-corrected chi connectivity index (χ1v) is 6.99. The second kappa shape index (κ2) is 5.65. The van der Waals surface area contributed by atoms with Crippen molar-refractivity contribution in [3.63, 3.8) is 0 Å². The normalized spacial score (nSPS) is 19.1. The first kappa shape index (κ1) is 14.6. The van der Waals surface area contributed by atoms with Gasteiger partial charge in [0.25, 0.3) is 0 Å². The molecule has 0 aliphatic carbocycles. The van der Waals surface area contributed by atoms with Crippen molar-refractivity contribution in [2.24, 2.45) is 5.41 Å². The summed E-state index contributed by atoms with van der Waals surface area (Å²) in [6.45, 7) is 4.33. The quantitative estimate of drug-likeness (QED) is 0.917. The number of carboxylic acid groups (broad SMARTS) is 1. The molecule has 1 aromatic rings. The highest BCUT2D eigenvalue weighted by Crippen LogP contribution is 2.29. The summed E-state index contributed by atoms with van der Waals surface area (Å²) in [5, 5.41) is 9.19. The molecule has 0 bridgehead atoms. The summed E-state index contributed by atoms with van der Waals surface area (Å²) in [4.78, 5) is 25.4. The molecule has 0 spiro atoms. The van der Waals surface area contributed by atoms with Crippen molar-refractivity contribution >= 4 is 11.9 Å². The third kappa shape index (κ3) is 3.00. The largest absolute Gasteiger partial charge is 0.480 e. The Kier molecular flexibility index (Phi) is 4.12. The van der Waals surface area contributed by atoms with E-state index in [4.69, 9.17) is 0 Å². The summed E-state index contributed by atoms with van der Waals surface area (Å²) < 4.78 is 0. The van der Waals surface area contributed by atoms with Gasteiger partial charge in [0.15, 0.2) is 0 Å². The van der Waals surface area contributed by atoms with Crippen LogP contribution < -0.4 is 0 Å². The molecule has 0 radical (unpaired) electrons. The fraction of sp³-hybridized carbons (Fsp3) is 0.500. The van der Waals surface area contributed by atoms with Gasteiger partial charge in [0.2, 0.25) is 5.91 Å². The number of nitrogens with zero attached hydrogens (tertiary/aromatic N) is 1. The van der Waals surface area contributed by atoms with Crippen LogP contribution in [0.25, 0.3) is 0 Å². The number of amides is 1. The second-order valence-electron chi connectivity index (χ2n) is 6.04. The zero-order chi connectivity index (χ0) is 14.8. The number of carbonyl (C=O) groups is 2. The van der Waals surface area contributed by atoms with Crippen molar-refractivity contribution in [1.82, 2.24) is 4.90 Å². The number of rotatable bonds is 4. The number of hydrogen-bond donors (Lipinski definition) is 1. The maximum atomic E-state index is 12.6. The van der Waals surface area contributed by atoms with E-state index >= 15 is 0 Å². The Morgan fingerprint density at radius 2 is 1.95 bits per heavy atom. The van der Waals surface area contributed by atoms with Gasteiger partial charge in [-0.3, -0.25) is 4.79 Å². The molecule has 0 saturated carbocycles. The van der Waals surface area contributed by atoms with Crippen molar-refractivity contribution < 1.29 is 14.7 Å². The standard InChI is InChI=1S/C16H21NO3/c1-16(2,11-12-7-4-3-5-8-12)15(20)17-10-6-9-13(17)14(18)19/h3-5,7-8,13H,6,9-11H2,1-2H3,(H,18,19). The molecule has 1 saturated heterocycles. The minimum atomic E-state index is -0.897. The third-order valence-electron chi connectivity index (χ3n) is 3.87. The van der Waals surface area contributed by atoms with Gasteiger partial charge in [-0.05, 0) is 24.8 Å².